The van der Waals surface area contributed by atoms with Gasteiger partial charge in [0, 0.05) is 16.9 Å². The molecule has 0 radical (unpaired) electrons. The van der Waals surface area contributed by atoms with E-state index in [4.69, 9.17) is 4.74 Å². The van der Waals surface area contributed by atoms with Crippen LogP contribution in [0.3, 0.4) is 0 Å². The van der Waals surface area contributed by atoms with Crippen LogP contribution in [0.15, 0.2) is 35.1 Å². The number of hydrogen-bond acceptors (Lipinski definition) is 3. The molecule has 18 heavy (non-hydrogen) atoms. The molecule has 94 valence electrons. The van der Waals surface area contributed by atoms with Crippen molar-refractivity contribution >= 4 is 27.8 Å². The van der Waals surface area contributed by atoms with Crippen molar-refractivity contribution in [3.63, 3.8) is 0 Å². The molecule has 0 aliphatic rings. The molecule has 7 heteroatoms. The second-order valence-corrected chi connectivity index (χ2v) is 4.27. The summed E-state index contributed by atoms with van der Waals surface area (Å²) in [6, 6.07) is 4.34. The number of ether oxygens (including phenoxy) is 1. The van der Waals surface area contributed by atoms with Gasteiger partial charge < -0.3 is 9.72 Å². The maximum Gasteiger partial charge on any atom is 0.264 e. The zero-order valence-electron chi connectivity index (χ0n) is 9.11. The highest BCUT2D eigenvalue weighted by Crippen LogP contribution is 2.21. The van der Waals surface area contributed by atoms with Crippen LogP contribution < -0.4 is 10.1 Å². The van der Waals surface area contributed by atoms with E-state index in [2.05, 4.69) is 31.2 Å². The quantitative estimate of drug-likeness (QED) is 0.910. The highest BCUT2D eigenvalue weighted by atomic mass is 79.9. The number of carbonyl (C=O) groups is 1. The molecule has 0 bridgehead atoms. The highest BCUT2D eigenvalue weighted by Gasteiger charge is 2.08. The maximum atomic E-state index is 13.4. The third-order valence-corrected chi connectivity index (χ3v) is 2.50. The van der Waals surface area contributed by atoms with Gasteiger partial charge in [-0.3, -0.25) is 10.1 Å². The highest BCUT2D eigenvalue weighted by molar-refractivity contribution is 9.10. The van der Waals surface area contributed by atoms with Crippen LogP contribution >= 0.6 is 15.9 Å². The molecule has 1 aromatic carbocycles. The summed E-state index contributed by atoms with van der Waals surface area (Å²) in [6.07, 6.45) is 3.08. The van der Waals surface area contributed by atoms with E-state index >= 15 is 0 Å². The minimum atomic E-state index is -0.532. The van der Waals surface area contributed by atoms with E-state index in [9.17, 15) is 9.18 Å². The number of H-pyrrole nitrogens is 1. The van der Waals surface area contributed by atoms with Crippen LogP contribution in [-0.4, -0.2) is 22.5 Å². The Morgan fingerprint density at radius 3 is 3.06 bits per heavy atom. The van der Waals surface area contributed by atoms with Crippen LogP contribution in [-0.2, 0) is 4.79 Å². The molecule has 1 heterocycles. The van der Waals surface area contributed by atoms with Crippen molar-refractivity contribution in [3.05, 3.63) is 40.9 Å². The number of amides is 1. The number of aromatic nitrogens is 2. The van der Waals surface area contributed by atoms with Crippen LogP contribution in [0, 0.1) is 5.82 Å². The second-order valence-electron chi connectivity index (χ2n) is 3.35. The molecule has 1 aromatic heterocycles. The number of nitrogens with zero attached hydrogens (tertiary/aromatic N) is 1. The minimum absolute atomic E-state index is 0.0211. The molecule has 2 N–H and O–H groups in total. The number of rotatable bonds is 4. The smallest absolute Gasteiger partial charge is 0.264 e. The molecule has 0 fully saturated rings. The molecular formula is C11H9BrFN3O2. The molecule has 0 atom stereocenters. The van der Waals surface area contributed by atoms with Gasteiger partial charge in [0.25, 0.3) is 5.91 Å². The van der Waals surface area contributed by atoms with Crippen molar-refractivity contribution in [2.45, 2.75) is 0 Å². The summed E-state index contributed by atoms with van der Waals surface area (Å²) in [5.41, 5.74) is 0. The van der Waals surface area contributed by atoms with E-state index in [1.54, 1.807) is 12.3 Å². The van der Waals surface area contributed by atoms with E-state index in [1.807, 2.05) is 0 Å². The largest absolute Gasteiger partial charge is 0.481 e. The Labute approximate surface area is 111 Å². The molecule has 2 rings (SSSR count). The first-order valence-corrected chi connectivity index (χ1v) is 5.81. The van der Waals surface area contributed by atoms with Gasteiger partial charge in [-0.1, -0.05) is 15.9 Å². The lowest BCUT2D eigenvalue weighted by Gasteiger charge is -2.06. The third-order valence-electron chi connectivity index (χ3n) is 2.01. The van der Waals surface area contributed by atoms with Gasteiger partial charge in [0.15, 0.2) is 18.2 Å². The van der Waals surface area contributed by atoms with E-state index in [-0.39, 0.29) is 12.4 Å². The molecule has 0 saturated heterocycles. The fourth-order valence-electron chi connectivity index (χ4n) is 1.24. The van der Waals surface area contributed by atoms with Gasteiger partial charge >= 0.3 is 0 Å². The number of imidazole rings is 1. The topological polar surface area (TPSA) is 67.0 Å². The molecule has 0 spiro atoms. The van der Waals surface area contributed by atoms with Gasteiger partial charge in [0.1, 0.15) is 0 Å². The summed E-state index contributed by atoms with van der Waals surface area (Å²) in [7, 11) is 0. The molecular weight excluding hydrogens is 305 g/mol. The van der Waals surface area contributed by atoms with Crippen LogP contribution in [0.5, 0.6) is 5.75 Å². The van der Waals surface area contributed by atoms with Gasteiger partial charge in [0.05, 0.1) is 0 Å². The van der Waals surface area contributed by atoms with Crippen molar-refractivity contribution in [1.29, 1.82) is 0 Å². The number of aromatic amines is 1. The first-order valence-electron chi connectivity index (χ1n) is 5.02. The van der Waals surface area contributed by atoms with E-state index in [0.29, 0.717) is 10.4 Å². The standard InChI is InChI=1S/C11H9BrFN3O2/c12-7-1-2-9(8(13)5-7)18-6-10(17)16-11-14-3-4-15-11/h1-5H,6H2,(H2,14,15,16,17). The molecule has 0 unspecified atom stereocenters. The predicted octanol–water partition coefficient (Wildman–Crippen LogP) is 2.33. The Hall–Kier alpha value is -1.89. The van der Waals surface area contributed by atoms with Crippen molar-refractivity contribution < 1.29 is 13.9 Å². The van der Waals surface area contributed by atoms with Gasteiger partial charge in [-0.05, 0) is 18.2 Å². The second kappa shape index (κ2) is 5.63. The van der Waals surface area contributed by atoms with Crippen molar-refractivity contribution in [2.75, 3.05) is 11.9 Å². The lowest BCUT2D eigenvalue weighted by atomic mass is 10.3. The lowest BCUT2D eigenvalue weighted by molar-refractivity contribution is -0.118. The van der Waals surface area contributed by atoms with Gasteiger partial charge in [0.2, 0.25) is 5.95 Å². The first kappa shape index (κ1) is 12.6. The summed E-state index contributed by atoms with van der Waals surface area (Å²) in [4.78, 5) is 18.0. The molecule has 1 amide bonds. The number of benzene rings is 1. The lowest BCUT2D eigenvalue weighted by Crippen LogP contribution is -2.21. The predicted molar refractivity (Wildman–Crippen MR) is 66.8 cm³/mol. The van der Waals surface area contributed by atoms with E-state index in [1.165, 1.54) is 18.3 Å². The summed E-state index contributed by atoms with van der Waals surface area (Å²) in [5.74, 6) is -0.616. The van der Waals surface area contributed by atoms with Crippen LogP contribution in [0.25, 0.3) is 0 Å². The van der Waals surface area contributed by atoms with Crippen molar-refractivity contribution in [1.82, 2.24) is 9.97 Å². The number of hydrogen-bond donors (Lipinski definition) is 2. The molecule has 0 aliphatic heterocycles. The van der Waals surface area contributed by atoms with Gasteiger partial charge in [-0.15, -0.1) is 0 Å². The first-order chi connectivity index (χ1) is 8.65. The number of nitrogens with one attached hydrogen (secondary N) is 2. The number of halogens is 2. The Balaban J connectivity index is 1.89. The molecule has 5 nitrogen and oxygen atoms in total. The van der Waals surface area contributed by atoms with E-state index in [0.717, 1.165) is 0 Å². The Morgan fingerprint density at radius 2 is 2.39 bits per heavy atom. The zero-order valence-corrected chi connectivity index (χ0v) is 10.7. The SMILES string of the molecule is O=C(COc1ccc(Br)cc1F)Nc1ncc[nH]1. The van der Waals surface area contributed by atoms with Crippen LogP contribution in [0.2, 0.25) is 0 Å². The fourth-order valence-corrected chi connectivity index (χ4v) is 1.57. The fraction of sp³-hybridized carbons (Fsp3) is 0.0909. The van der Waals surface area contributed by atoms with Crippen molar-refractivity contribution in [2.24, 2.45) is 0 Å². The normalized spacial score (nSPS) is 10.1. The number of carbonyl (C=O) groups excluding carboxylic acids is 1. The third kappa shape index (κ3) is 3.30. The summed E-state index contributed by atoms with van der Waals surface area (Å²) < 4.78 is 19.0. The van der Waals surface area contributed by atoms with Crippen molar-refractivity contribution in [3.8, 4) is 5.75 Å². The maximum absolute atomic E-state index is 13.4. The molecule has 0 aliphatic carbocycles. The Bertz CT molecular complexity index is 545. The summed E-state index contributed by atoms with van der Waals surface area (Å²) in [6.45, 7) is -0.292. The minimum Gasteiger partial charge on any atom is -0.481 e. The summed E-state index contributed by atoms with van der Waals surface area (Å²) in [5, 5.41) is 2.46. The average Bonchev–Trinajstić information content (AvgIpc) is 2.80. The van der Waals surface area contributed by atoms with Gasteiger partial charge in [-0.2, -0.15) is 0 Å². The molecule has 2 aromatic rings. The zero-order chi connectivity index (χ0) is 13.0. The summed E-state index contributed by atoms with van der Waals surface area (Å²) >= 11 is 3.13. The average molecular weight is 314 g/mol. The Morgan fingerprint density at radius 1 is 1.56 bits per heavy atom. The number of anilines is 1. The Kier molecular flexibility index (Phi) is 3.93. The molecule has 0 saturated carbocycles. The monoisotopic (exact) mass is 313 g/mol. The van der Waals surface area contributed by atoms with Crippen LogP contribution in [0.4, 0.5) is 10.3 Å². The van der Waals surface area contributed by atoms with Crippen LogP contribution in [0.1, 0.15) is 0 Å². The van der Waals surface area contributed by atoms with Gasteiger partial charge in [-0.25, -0.2) is 9.37 Å². The van der Waals surface area contributed by atoms with E-state index < -0.39 is 11.7 Å².